The van der Waals surface area contributed by atoms with E-state index in [-0.39, 0.29) is 11.9 Å². The molecule has 0 aliphatic carbocycles. The summed E-state index contributed by atoms with van der Waals surface area (Å²) in [6.07, 6.45) is 2.84. The summed E-state index contributed by atoms with van der Waals surface area (Å²) in [7, 11) is 0. The van der Waals surface area contributed by atoms with Gasteiger partial charge < -0.3 is 4.74 Å². The lowest BCUT2D eigenvalue weighted by Gasteiger charge is -2.06. The van der Waals surface area contributed by atoms with E-state index >= 15 is 0 Å². The Morgan fingerprint density at radius 3 is 2.52 bits per heavy atom. The minimum atomic E-state index is -0.340. The van der Waals surface area contributed by atoms with Crippen LogP contribution in [0.3, 0.4) is 0 Å². The number of aromatic nitrogens is 3. The molecule has 0 unspecified atom stereocenters. The Labute approximate surface area is 164 Å². The van der Waals surface area contributed by atoms with Crippen molar-refractivity contribution in [1.82, 2.24) is 14.8 Å². The second kappa shape index (κ2) is 8.82. The molecule has 140 valence electrons. The van der Waals surface area contributed by atoms with Crippen LogP contribution in [0.25, 0.3) is 11.4 Å². The molecule has 3 rings (SSSR count). The summed E-state index contributed by atoms with van der Waals surface area (Å²) >= 11 is 6.20. The van der Waals surface area contributed by atoms with Crippen LogP contribution in [0.1, 0.15) is 42.6 Å². The second-order valence-corrected chi connectivity index (χ2v) is 6.57. The van der Waals surface area contributed by atoms with Crippen LogP contribution in [0.5, 0.6) is 6.01 Å². The fourth-order valence-electron chi connectivity index (χ4n) is 2.63. The van der Waals surface area contributed by atoms with Crippen LogP contribution in [0.2, 0.25) is 5.02 Å². The number of unbranched alkanes of at least 4 members (excludes halogenated alkanes) is 1. The van der Waals surface area contributed by atoms with Crippen molar-refractivity contribution in [3.8, 4) is 17.4 Å². The van der Waals surface area contributed by atoms with Gasteiger partial charge in [0.1, 0.15) is 0 Å². The molecule has 6 heteroatoms. The maximum Gasteiger partial charge on any atom is 0.336 e. The van der Waals surface area contributed by atoms with Crippen molar-refractivity contribution in [3.63, 3.8) is 0 Å². The molecule has 0 radical (unpaired) electrons. The summed E-state index contributed by atoms with van der Waals surface area (Å²) in [5, 5.41) is 4.67. The summed E-state index contributed by atoms with van der Waals surface area (Å²) < 4.78 is 6.89. The third-order valence-corrected chi connectivity index (χ3v) is 4.56. The van der Waals surface area contributed by atoms with Gasteiger partial charge in [-0.05, 0) is 30.5 Å². The van der Waals surface area contributed by atoms with Gasteiger partial charge in [-0.3, -0.25) is 4.79 Å². The van der Waals surface area contributed by atoms with E-state index in [1.54, 1.807) is 24.3 Å². The van der Waals surface area contributed by atoms with Gasteiger partial charge in [-0.15, -0.1) is 5.10 Å². The molecule has 5 nitrogen and oxygen atoms in total. The second-order valence-electron chi connectivity index (χ2n) is 6.17. The van der Waals surface area contributed by atoms with E-state index in [1.807, 2.05) is 24.3 Å². The fraction of sp³-hybridized carbons (Fsp3) is 0.286. The predicted octanol–water partition coefficient (Wildman–Crippen LogP) is 5.03. The molecule has 0 atom stereocenters. The normalized spacial score (nSPS) is 10.8. The van der Waals surface area contributed by atoms with E-state index in [0.717, 1.165) is 24.8 Å². The molecule has 1 aromatic heterocycles. The lowest BCUT2D eigenvalue weighted by atomic mass is 10.1. The Morgan fingerprint density at radius 1 is 1.11 bits per heavy atom. The average Bonchev–Trinajstić information content (AvgIpc) is 3.12. The number of carbonyl (C=O) groups excluding carboxylic acids is 1. The molecular weight excluding hydrogens is 362 g/mol. The van der Waals surface area contributed by atoms with E-state index in [4.69, 9.17) is 16.3 Å². The topological polar surface area (TPSA) is 57.0 Å². The molecule has 1 heterocycles. The van der Waals surface area contributed by atoms with E-state index in [0.29, 0.717) is 23.0 Å². The third kappa shape index (κ3) is 4.37. The first-order valence-electron chi connectivity index (χ1n) is 9.12. The maximum absolute atomic E-state index is 13.0. The van der Waals surface area contributed by atoms with Gasteiger partial charge in [0.05, 0.1) is 17.2 Å². The molecule has 27 heavy (non-hydrogen) atoms. The molecule has 0 aliphatic rings. The predicted molar refractivity (Wildman–Crippen MR) is 106 cm³/mol. The smallest absolute Gasteiger partial charge is 0.336 e. The molecule has 0 saturated heterocycles. The standard InChI is InChI=1S/C21H22ClN3O2/c1-3-5-14-27-21-23-19(16-12-10-15(4-2)11-13-16)25(24-21)20(26)17-8-6-7-9-18(17)22/h6-13H,3-5,14H2,1-2H3. The summed E-state index contributed by atoms with van der Waals surface area (Å²) in [4.78, 5) is 17.5. The summed E-state index contributed by atoms with van der Waals surface area (Å²) in [5.74, 6) is 0.0991. The quantitative estimate of drug-likeness (QED) is 0.537. The molecule has 0 amide bonds. The van der Waals surface area contributed by atoms with Crippen molar-refractivity contribution in [2.75, 3.05) is 6.61 Å². The molecule has 0 saturated carbocycles. The average molecular weight is 384 g/mol. The highest BCUT2D eigenvalue weighted by molar-refractivity contribution is 6.33. The minimum absolute atomic E-state index is 0.193. The zero-order valence-corrected chi connectivity index (χ0v) is 16.2. The molecule has 0 bridgehead atoms. The number of ether oxygens (including phenoxy) is 1. The van der Waals surface area contributed by atoms with Crippen molar-refractivity contribution in [1.29, 1.82) is 0 Å². The highest BCUT2D eigenvalue weighted by Crippen LogP contribution is 2.24. The molecule has 0 N–H and O–H groups in total. The molecule has 3 aromatic rings. The monoisotopic (exact) mass is 383 g/mol. The van der Waals surface area contributed by atoms with Crippen molar-refractivity contribution in [2.24, 2.45) is 0 Å². The number of hydrogen-bond donors (Lipinski definition) is 0. The van der Waals surface area contributed by atoms with E-state index in [1.165, 1.54) is 10.2 Å². The van der Waals surface area contributed by atoms with Gasteiger partial charge in [-0.1, -0.05) is 68.3 Å². The van der Waals surface area contributed by atoms with Crippen molar-refractivity contribution in [3.05, 3.63) is 64.7 Å². The first-order chi connectivity index (χ1) is 13.1. The zero-order valence-electron chi connectivity index (χ0n) is 15.5. The minimum Gasteiger partial charge on any atom is -0.462 e. The summed E-state index contributed by atoms with van der Waals surface area (Å²) in [5.41, 5.74) is 2.38. The van der Waals surface area contributed by atoms with E-state index in [2.05, 4.69) is 23.9 Å². The Hall–Kier alpha value is -2.66. The van der Waals surface area contributed by atoms with Crippen LogP contribution in [0, 0.1) is 0 Å². The van der Waals surface area contributed by atoms with Gasteiger partial charge in [0, 0.05) is 5.56 Å². The number of aryl methyl sites for hydroxylation is 1. The van der Waals surface area contributed by atoms with Gasteiger partial charge in [0.25, 0.3) is 5.91 Å². The third-order valence-electron chi connectivity index (χ3n) is 4.23. The van der Waals surface area contributed by atoms with Crippen LogP contribution in [-0.2, 0) is 6.42 Å². The number of rotatable bonds is 7. The number of hydrogen-bond acceptors (Lipinski definition) is 4. The largest absolute Gasteiger partial charge is 0.462 e. The lowest BCUT2D eigenvalue weighted by Crippen LogP contribution is -2.16. The van der Waals surface area contributed by atoms with Crippen LogP contribution >= 0.6 is 11.6 Å². The van der Waals surface area contributed by atoms with Gasteiger partial charge in [0.15, 0.2) is 5.82 Å². The zero-order chi connectivity index (χ0) is 19.2. The Kier molecular flexibility index (Phi) is 6.24. The lowest BCUT2D eigenvalue weighted by molar-refractivity contribution is 0.0945. The Balaban J connectivity index is 2.01. The molecule has 0 aliphatic heterocycles. The van der Waals surface area contributed by atoms with Gasteiger partial charge in [0.2, 0.25) is 0 Å². The molecule has 0 spiro atoms. The van der Waals surface area contributed by atoms with Gasteiger partial charge in [-0.2, -0.15) is 9.67 Å². The fourth-order valence-corrected chi connectivity index (χ4v) is 2.85. The first kappa shape index (κ1) is 19.1. The summed E-state index contributed by atoms with van der Waals surface area (Å²) in [6.45, 7) is 4.68. The molecule has 2 aromatic carbocycles. The number of nitrogens with zero attached hydrogens (tertiary/aromatic N) is 3. The SMILES string of the molecule is CCCCOc1nc(-c2ccc(CC)cc2)n(C(=O)c2ccccc2Cl)n1. The van der Waals surface area contributed by atoms with E-state index in [9.17, 15) is 4.79 Å². The van der Waals surface area contributed by atoms with E-state index < -0.39 is 0 Å². The Morgan fingerprint density at radius 2 is 1.85 bits per heavy atom. The van der Waals surface area contributed by atoms with Crippen LogP contribution < -0.4 is 4.74 Å². The highest BCUT2D eigenvalue weighted by Gasteiger charge is 2.21. The van der Waals surface area contributed by atoms with Crippen LogP contribution in [0.15, 0.2) is 48.5 Å². The Bertz CT molecular complexity index is 919. The molecule has 0 fully saturated rings. The number of benzene rings is 2. The summed E-state index contributed by atoms with van der Waals surface area (Å²) in [6, 6.07) is 15.0. The highest BCUT2D eigenvalue weighted by atomic mass is 35.5. The first-order valence-corrected chi connectivity index (χ1v) is 9.50. The number of carbonyl (C=O) groups is 1. The molecular formula is C21H22ClN3O2. The maximum atomic E-state index is 13.0. The van der Waals surface area contributed by atoms with Crippen molar-refractivity contribution >= 4 is 17.5 Å². The van der Waals surface area contributed by atoms with Gasteiger partial charge >= 0.3 is 6.01 Å². The van der Waals surface area contributed by atoms with Crippen LogP contribution in [-0.4, -0.2) is 27.3 Å². The van der Waals surface area contributed by atoms with Crippen LogP contribution in [0.4, 0.5) is 0 Å². The number of halogens is 1. The van der Waals surface area contributed by atoms with Crippen molar-refractivity contribution < 1.29 is 9.53 Å². The van der Waals surface area contributed by atoms with Crippen molar-refractivity contribution in [2.45, 2.75) is 33.1 Å². The van der Waals surface area contributed by atoms with Gasteiger partial charge in [-0.25, -0.2) is 0 Å².